The first-order valence-corrected chi connectivity index (χ1v) is 7.00. The first kappa shape index (κ1) is 14.3. The minimum absolute atomic E-state index is 0.207. The van der Waals surface area contributed by atoms with Crippen molar-refractivity contribution in [1.29, 1.82) is 0 Å². The average Bonchev–Trinajstić information content (AvgIpc) is 2.43. The summed E-state index contributed by atoms with van der Waals surface area (Å²) in [5.74, 6) is 1.54. The summed E-state index contributed by atoms with van der Waals surface area (Å²) in [4.78, 5) is 8.77. The molecular formula is C16H22N4. The zero-order chi connectivity index (χ0) is 14.5. The van der Waals surface area contributed by atoms with E-state index in [2.05, 4.69) is 58.7 Å². The highest BCUT2D eigenvalue weighted by Gasteiger charge is 2.09. The van der Waals surface area contributed by atoms with E-state index in [1.807, 2.05) is 20.0 Å². The summed E-state index contributed by atoms with van der Waals surface area (Å²) in [5.41, 5.74) is 3.57. The molecule has 0 saturated carbocycles. The van der Waals surface area contributed by atoms with Crippen molar-refractivity contribution >= 4 is 11.8 Å². The number of benzene rings is 1. The quantitative estimate of drug-likeness (QED) is 0.870. The highest BCUT2D eigenvalue weighted by molar-refractivity contribution is 5.48. The maximum atomic E-state index is 4.51. The van der Waals surface area contributed by atoms with E-state index in [-0.39, 0.29) is 6.04 Å². The fourth-order valence-electron chi connectivity index (χ4n) is 1.97. The van der Waals surface area contributed by atoms with Gasteiger partial charge in [0, 0.05) is 24.3 Å². The third kappa shape index (κ3) is 3.47. The Morgan fingerprint density at radius 3 is 2.50 bits per heavy atom. The maximum absolute atomic E-state index is 4.51. The smallest absolute Gasteiger partial charge is 0.224 e. The van der Waals surface area contributed by atoms with Crippen LogP contribution in [-0.4, -0.2) is 16.5 Å². The van der Waals surface area contributed by atoms with E-state index < -0.39 is 0 Å². The lowest BCUT2D eigenvalue weighted by Gasteiger charge is -2.17. The second-order valence-corrected chi connectivity index (χ2v) is 5.03. The van der Waals surface area contributed by atoms with E-state index in [0.29, 0.717) is 5.95 Å². The van der Waals surface area contributed by atoms with Crippen molar-refractivity contribution in [2.75, 3.05) is 17.2 Å². The van der Waals surface area contributed by atoms with Gasteiger partial charge in [-0.05, 0) is 33.3 Å². The Bertz CT molecular complexity index is 563. The summed E-state index contributed by atoms with van der Waals surface area (Å²) in [6, 6.07) is 8.76. The van der Waals surface area contributed by atoms with E-state index in [1.54, 1.807) is 0 Å². The van der Waals surface area contributed by atoms with Crippen LogP contribution in [0.5, 0.6) is 0 Å². The summed E-state index contributed by atoms with van der Waals surface area (Å²) in [5, 5.41) is 6.59. The molecule has 1 heterocycles. The van der Waals surface area contributed by atoms with Crippen LogP contribution in [0.15, 0.2) is 30.5 Å². The van der Waals surface area contributed by atoms with Gasteiger partial charge in [0.25, 0.3) is 0 Å². The van der Waals surface area contributed by atoms with Gasteiger partial charge in [-0.2, -0.15) is 4.98 Å². The zero-order valence-electron chi connectivity index (χ0n) is 12.6. The van der Waals surface area contributed by atoms with E-state index in [1.165, 1.54) is 11.1 Å². The normalized spacial score (nSPS) is 12.0. The molecule has 0 aliphatic carbocycles. The standard InChI is InChI=1S/C16H22N4/c1-5-17-16-18-10-12(3)15(20-16)19-13(4)14-8-6-11(2)7-9-14/h6-10,13H,5H2,1-4H3,(H2,17,18,19,20). The van der Waals surface area contributed by atoms with Gasteiger partial charge in [-0.15, -0.1) is 0 Å². The molecule has 106 valence electrons. The van der Waals surface area contributed by atoms with Gasteiger partial charge in [-0.1, -0.05) is 29.8 Å². The fourth-order valence-corrected chi connectivity index (χ4v) is 1.97. The van der Waals surface area contributed by atoms with E-state index in [0.717, 1.165) is 17.9 Å². The van der Waals surface area contributed by atoms with Crippen LogP contribution in [0.3, 0.4) is 0 Å². The summed E-state index contributed by atoms with van der Waals surface area (Å²) in [6.45, 7) is 9.10. The van der Waals surface area contributed by atoms with Crippen LogP contribution >= 0.6 is 0 Å². The Hall–Kier alpha value is -2.10. The first-order chi connectivity index (χ1) is 9.60. The van der Waals surface area contributed by atoms with E-state index >= 15 is 0 Å². The molecular weight excluding hydrogens is 248 g/mol. The number of hydrogen-bond acceptors (Lipinski definition) is 4. The van der Waals surface area contributed by atoms with Crippen LogP contribution in [0.25, 0.3) is 0 Å². The predicted octanol–water partition coefficient (Wildman–Crippen LogP) is 3.70. The van der Waals surface area contributed by atoms with Crippen molar-refractivity contribution in [3.8, 4) is 0 Å². The highest BCUT2D eigenvalue weighted by atomic mass is 15.1. The van der Waals surface area contributed by atoms with Gasteiger partial charge in [0.2, 0.25) is 5.95 Å². The first-order valence-electron chi connectivity index (χ1n) is 7.00. The highest BCUT2D eigenvalue weighted by Crippen LogP contribution is 2.21. The Balaban J connectivity index is 2.16. The van der Waals surface area contributed by atoms with Gasteiger partial charge in [0.1, 0.15) is 5.82 Å². The van der Waals surface area contributed by atoms with Gasteiger partial charge >= 0.3 is 0 Å². The Morgan fingerprint density at radius 1 is 1.15 bits per heavy atom. The van der Waals surface area contributed by atoms with Gasteiger partial charge in [-0.25, -0.2) is 4.98 Å². The molecule has 1 aromatic carbocycles. The molecule has 2 rings (SSSR count). The summed E-state index contributed by atoms with van der Waals surface area (Å²) >= 11 is 0. The van der Waals surface area contributed by atoms with Gasteiger partial charge < -0.3 is 10.6 Å². The van der Waals surface area contributed by atoms with Crippen LogP contribution in [0.4, 0.5) is 11.8 Å². The molecule has 0 bridgehead atoms. The molecule has 20 heavy (non-hydrogen) atoms. The molecule has 1 unspecified atom stereocenters. The van der Waals surface area contributed by atoms with Crippen LogP contribution in [0, 0.1) is 13.8 Å². The second kappa shape index (κ2) is 6.37. The number of nitrogens with zero attached hydrogens (tertiary/aromatic N) is 2. The zero-order valence-corrected chi connectivity index (χ0v) is 12.6. The third-order valence-corrected chi connectivity index (χ3v) is 3.24. The largest absolute Gasteiger partial charge is 0.363 e. The molecule has 4 heteroatoms. The molecule has 0 saturated heterocycles. The van der Waals surface area contributed by atoms with Crippen molar-refractivity contribution in [3.63, 3.8) is 0 Å². The fraction of sp³-hybridized carbons (Fsp3) is 0.375. The molecule has 4 nitrogen and oxygen atoms in total. The molecule has 1 atom stereocenters. The molecule has 0 spiro atoms. The summed E-state index contributed by atoms with van der Waals surface area (Å²) in [7, 11) is 0. The van der Waals surface area contributed by atoms with Gasteiger partial charge in [-0.3, -0.25) is 0 Å². The number of rotatable bonds is 5. The van der Waals surface area contributed by atoms with Crippen LogP contribution < -0.4 is 10.6 Å². The summed E-state index contributed by atoms with van der Waals surface area (Å²) < 4.78 is 0. The van der Waals surface area contributed by atoms with Crippen LogP contribution in [0.2, 0.25) is 0 Å². The van der Waals surface area contributed by atoms with E-state index in [9.17, 15) is 0 Å². The topological polar surface area (TPSA) is 49.8 Å². The van der Waals surface area contributed by atoms with Crippen molar-refractivity contribution in [2.45, 2.75) is 33.7 Å². The molecule has 0 amide bonds. The molecule has 0 fully saturated rings. The number of anilines is 2. The Labute approximate surface area is 120 Å². The van der Waals surface area contributed by atoms with Crippen molar-refractivity contribution < 1.29 is 0 Å². The Morgan fingerprint density at radius 2 is 1.85 bits per heavy atom. The average molecular weight is 270 g/mol. The second-order valence-electron chi connectivity index (χ2n) is 5.03. The van der Waals surface area contributed by atoms with E-state index in [4.69, 9.17) is 0 Å². The lowest BCUT2D eigenvalue weighted by Crippen LogP contribution is -2.11. The molecule has 2 N–H and O–H groups in total. The number of aryl methyl sites for hydroxylation is 2. The lowest BCUT2D eigenvalue weighted by molar-refractivity contribution is 0.867. The predicted molar refractivity (Wildman–Crippen MR) is 84.1 cm³/mol. The van der Waals surface area contributed by atoms with Crippen molar-refractivity contribution in [1.82, 2.24) is 9.97 Å². The monoisotopic (exact) mass is 270 g/mol. The minimum Gasteiger partial charge on any atom is -0.363 e. The lowest BCUT2D eigenvalue weighted by atomic mass is 10.1. The number of aromatic nitrogens is 2. The maximum Gasteiger partial charge on any atom is 0.224 e. The van der Waals surface area contributed by atoms with Crippen molar-refractivity contribution in [3.05, 3.63) is 47.2 Å². The molecule has 1 aromatic heterocycles. The Kier molecular flexibility index (Phi) is 4.56. The number of nitrogens with one attached hydrogen (secondary N) is 2. The molecule has 2 aromatic rings. The molecule has 0 aliphatic heterocycles. The van der Waals surface area contributed by atoms with Crippen LogP contribution in [0.1, 0.15) is 36.6 Å². The van der Waals surface area contributed by atoms with Crippen molar-refractivity contribution in [2.24, 2.45) is 0 Å². The van der Waals surface area contributed by atoms with Gasteiger partial charge in [0.15, 0.2) is 0 Å². The van der Waals surface area contributed by atoms with Crippen LogP contribution in [-0.2, 0) is 0 Å². The third-order valence-electron chi connectivity index (χ3n) is 3.24. The summed E-state index contributed by atoms with van der Waals surface area (Å²) in [6.07, 6.45) is 1.84. The van der Waals surface area contributed by atoms with Gasteiger partial charge in [0.05, 0.1) is 0 Å². The number of hydrogen-bond donors (Lipinski definition) is 2. The SMILES string of the molecule is CCNc1ncc(C)c(NC(C)c2ccc(C)cc2)n1. The minimum atomic E-state index is 0.207. The molecule has 0 aliphatic rings. The molecule has 0 radical (unpaired) electrons.